The average molecular weight is 647 g/mol. The van der Waals surface area contributed by atoms with Crippen molar-refractivity contribution in [2.45, 2.75) is 18.9 Å². The van der Waals surface area contributed by atoms with Gasteiger partial charge in [0.15, 0.2) is 19.9 Å². The Bertz CT molecular complexity index is 1260. The van der Waals surface area contributed by atoms with Crippen molar-refractivity contribution in [1.82, 2.24) is 9.80 Å². The number of rotatable bonds is 20. The lowest BCUT2D eigenvalue weighted by Crippen LogP contribution is -2.43. The van der Waals surface area contributed by atoms with Gasteiger partial charge in [0.1, 0.15) is 11.5 Å². The molecule has 3 rings (SSSR count). The third-order valence-electron chi connectivity index (χ3n) is 7.54. The molecule has 0 radical (unpaired) electrons. The van der Waals surface area contributed by atoms with E-state index in [2.05, 4.69) is 16.8 Å². The monoisotopic (exact) mass is 646 g/mol. The van der Waals surface area contributed by atoms with Crippen LogP contribution in [0.5, 0.6) is 11.5 Å². The summed E-state index contributed by atoms with van der Waals surface area (Å²) in [6.07, 6.45) is 0.341. The van der Waals surface area contributed by atoms with Gasteiger partial charge in [0, 0.05) is 58.1 Å². The number of benzene rings is 2. The van der Waals surface area contributed by atoms with Crippen molar-refractivity contribution in [1.29, 1.82) is 0 Å². The van der Waals surface area contributed by atoms with Gasteiger partial charge in [-0.2, -0.15) is 0 Å². The molecule has 0 aliphatic carbocycles. The maximum atomic E-state index is 12.9. The maximum absolute atomic E-state index is 12.9. The van der Waals surface area contributed by atoms with Gasteiger partial charge in [0.25, 0.3) is 0 Å². The van der Waals surface area contributed by atoms with Gasteiger partial charge < -0.3 is 42.8 Å². The van der Waals surface area contributed by atoms with E-state index in [0.717, 1.165) is 31.7 Å². The lowest BCUT2D eigenvalue weighted by Gasteiger charge is -2.32. The Labute approximate surface area is 270 Å². The molecule has 13 nitrogen and oxygen atoms in total. The van der Waals surface area contributed by atoms with Gasteiger partial charge in [-0.3, -0.25) is 19.3 Å². The Morgan fingerprint density at radius 1 is 0.826 bits per heavy atom. The Hall–Kier alpha value is -3.59. The highest BCUT2D eigenvalue weighted by molar-refractivity contribution is 5.91. The van der Waals surface area contributed by atoms with E-state index in [0.29, 0.717) is 55.1 Å². The second-order valence-corrected chi connectivity index (χ2v) is 10.7. The number of likely N-dealkylation sites (N-methyl/N-ethyl adjacent to an activating group) is 1. The van der Waals surface area contributed by atoms with Crippen molar-refractivity contribution in [3.05, 3.63) is 47.0 Å². The SMILES string of the molecule is COCCOCOc1ccc(CN2CCN(C)CC2)cc1-c1cc(C(CC(=O)OC)C(=O)OC)cc(C=O)c1OCOCCOC. The van der Waals surface area contributed by atoms with Crippen LogP contribution in [-0.2, 0) is 44.6 Å². The van der Waals surface area contributed by atoms with E-state index in [4.69, 9.17) is 37.9 Å². The van der Waals surface area contributed by atoms with Crippen LogP contribution in [0.25, 0.3) is 11.1 Å². The molecule has 1 fully saturated rings. The molecule has 1 saturated heterocycles. The molecule has 0 N–H and O–H groups in total. The van der Waals surface area contributed by atoms with Crippen molar-refractivity contribution in [2.75, 3.05) is 102 Å². The predicted octanol–water partition coefficient (Wildman–Crippen LogP) is 2.73. The Morgan fingerprint density at radius 3 is 2.11 bits per heavy atom. The summed E-state index contributed by atoms with van der Waals surface area (Å²) in [5.41, 5.74) is 2.58. The van der Waals surface area contributed by atoms with Gasteiger partial charge in [-0.05, 0) is 42.4 Å². The number of nitrogens with zero attached hydrogens (tertiary/aromatic N) is 2. The van der Waals surface area contributed by atoms with Crippen LogP contribution in [0.4, 0.5) is 0 Å². The first-order valence-corrected chi connectivity index (χ1v) is 15.1. The van der Waals surface area contributed by atoms with Crippen molar-refractivity contribution in [3.63, 3.8) is 0 Å². The number of carbonyl (C=O) groups excluding carboxylic acids is 3. The van der Waals surface area contributed by atoms with E-state index in [1.807, 2.05) is 18.2 Å². The molecule has 0 spiro atoms. The van der Waals surface area contributed by atoms with Crippen LogP contribution in [0.2, 0.25) is 0 Å². The van der Waals surface area contributed by atoms with Gasteiger partial charge in [0.05, 0.1) is 58.5 Å². The first-order valence-electron chi connectivity index (χ1n) is 15.1. The van der Waals surface area contributed by atoms with Gasteiger partial charge in [-0.25, -0.2) is 0 Å². The fraction of sp³-hybridized carbons (Fsp3) is 0.545. The topological polar surface area (TPSA) is 132 Å². The minimum atomic E-state index is -1.04. The van der Waals surface area contributed by atoms with E-state index in [1.54, 1.807) is 20.3 Å². The minimum absolute atomic E-state index is 0.0577. The molecule has 1 atom stereocenters. The molecule has 0 saturated carbocycles. The molecule has 1 heterocycles. The quantitative estimate of drug-likeness (QED) is 0.0905. The molecule has 254 valence electrons. The van der Waals surface area contributed by atoms with Crippen LogP contribution in [0.15, 0.2) is 30.3 Å². The van der Waals surface area contributed by atoms with Crippen LogP contribution in [0.1, 0.15) is 33.8 Å². The summed E-state index contributed by atoms with van der Waals surface area (Å²) in [5.74, 6) is -1.63. The zero-order valence-corrected chi connectivity index (χ0v) is 27.4. The maximum Gasteiger partial charge on any atom is 0.313 e. The number of aldehydes is 1. The standard InChI is InChI=1S/C33H46N2O11/c1-34-8-10-35(11-9-34)20-24-6-7-30(45-22-43-14-12-39-2)28(16-24)29-18-25(27(33(38)42-5)19-31(37)41-4)17-26(21-36)32(29)46-23-44-15-13-40-3/h6-7,16-18,21,27H,8-15,19-20,22-23H2,1-5H3. The Morgan fingerprint density at radius 2 is 1.50 bits per heavy atom. The molecule has 0 amide bonds. The van der Waals surface area contributed by atoms with E-state index >= 15 is 0 Å². The van der Waals surface area contributed by atoms with Gasteiger partial charge in [-0.1, -0.05) is 6.07 Å². The first kappa shape index (κ1) is 36.9. The second-order valence-electron chi connectivity index (χ2n) is 10.7. The van der Waals surface area contributed by atoms with Crippen LogP contribution in [0.3, 0.4) is 0 Å². The van der Waals surface area contributed by atoms with Gasteiger partial charge in [-0.15, -0.1) is 0 Å². The highest BCUT2D eigenvalue weighted by Crippen LogP contribution is 2.42. The van der Waals surface area contributed by atoms with Crippen LogP contribution in [-0.4, -0.2) is 130 Å². The number of carbonyl (C=O) groups is 3. The summed E-state index contributed by atoms with van der Waals surface area (Å²) in [7, 11) is 7.73. The van der Waals surface area contributed by atoms with Crippen LogP contribution < -0.4 is 9.47 Å². The number of hydrogen-bond acceptors (Lipinski definition) is 13. The van der Waals surface area contributed by atoms with Crippen LogP contribution in [0, 0.1) is 0 Å². The molecular weight excluding hydrogens is 600 g/mol. The normalized spacial score (nSPS) is 14.5. The summed E-state index contributed by atoms with van der Waals surface area (Å²) in [6.45, 7) is 5.61. The van der Waals surface area contributed by atoms with E-state index in [9.17, 15) is 14.4 Å². The van der Waals surface area contributed by atoms with E-state index in [1.165, 1.54) is 20.3 Å². The summed E-state index contributed by atoms with van der Waals surface area (Å²) < 4.78 is 43.3. The third kappa shape index (κ3) is 11.0. The molecule has 1 aliphatic heterocycles. The summed E-state index contributed by atoms with van der Waals surface area (Å²) >= 11 is 0. The molecule has 2 aromatic rings. The number of hydrogen-bond donors (Lipinski definition) is 0. The minimum Gasteiger partial charge on any atom is -0.469 e. The fourth-order valence-corrected chi connectivity index (χ4v) is 4.94. The third-order valence-corrected chi connectivity index (χ3v) is 7.54. The summed E-state index contributed by atoms with van der Waals surface area (Å²) in [4.78, 5) is 42.4. The zero-order chi connectivity index (χ0) is 33.3. The fourth-order valence-electron chi connectivity index (χ4n) is 4.94. The first-order chi connectivity index (χ1) is 22.3. The highest BCUT2D eigenvalue weighted by Gasteiger charge is 2.29. The molecule has 2 aromatic carbocycles. The van der Waals surface area contributed by atoms with Crippen molar-refractivity contribution in [3.8, 4) is 22.6 Å². The number of piperazine rings is 1. The van der Waals surface area contributed by atoms with Crippen molar-refractivity contribution >= 4 is 18.2 Å². The summed E-state index contributed by atoms with van der Waals surface area (Å²) in [5, 5.41) is 0. The molecule has 1 aliphatic rings. The van der Waals surface area contributed by atoms with Crippen molar-refractivity contribution < 1.29 is 52.3 Å². The van der Waals surface area contributed by atoms with Gasteiger partial charge >= 0.3 is 11.9 Å². The van der Waals surface area contributed by atoms with E-state index < -0.39 is 17.9 Å². The number of methoxy groups -OCH3 is 4. The van der Waals surface area contributed by atoms with Gasteiger partial charge in [0.2, 0.25) is 0 Å². The van der Waals surface area contributed by atoms with Crippen LogP contribution >= 0.6 is 0 Å². The summed E-state index contributed by atoms with van der Waals surface area (Å²) in [6, 6.07) is 9.02. The zero-order valence-electron chi connectivity index (χ0n) is 27.4. The number of ether oxygens (including phenoxy) is 8. The average Bonchev–Trinajstić information content (AvgIpc) is 3.07. The molecule has 13 heteroatoms. The predicted molar refractivity (Wildman–Crippen MR) is 168 cm³/mol. The second kappa shape index (κ2) is 19.8. The smallest absolute Gasteiger partial charge is 0.313 e. The Balaban J connectivity index is 2.15. The van der Waals surface area contributed by atoms with E-state index in [-0.39, 0.29) is 37.9 Å². The van der Waals surface area contributed by atoms with Crippen molar-refractivity contribution in [2.24, 2.45) is 0 Å². The molecule has 0 aromatic heterocycles. The lowest BCUT2D eigenvalue weighted by molar-refractivity contribution is -0.149. The largest absolute Gasteiger partial charge is 0.469 e. The molecule has 46 heavy (non-hydrogen) atoms. The number of esters is 2. The molecular formula is C33H46N2O11. The molecule has 0 bridgehead atoms. The Kier molecular flexibility index (Phi) is 15.9. The molecule has 1 unspecified atom stereocenters. The lowest BCUT2D eigenvalue weighted by atomic mass is 9.89. The highest BCUT2D eigenvalue weighted by atomic mass is 16.7.